The van der Waals surface area contributed by atoms with E-state index in [1.165, 1.54) is 0 Å². The summed E-state index contributed by atoms with van der Waals surface area (Å²) < 4.78 is 22.0. The van der Waals surface area contributed by atoms with Crippen molar-refractivity contribution in [2.24, 2.45) is 0 Å². The number of rotatable bonds is 4. The van der Waals surface area contributed by atoms with Gasteiger partial charge in [-0.3, -0.25) is 0 Å². The van der Waals surface area contributed by atoms with E-state index < -0.39 is 0 Å². The summed E-state index contributed by atoms with van der Waals surface area (Å²) in [6.07, 6.45) is 3.28. The second-order valence-electron chi connectivity index (χ2n) is 4.53. The smallest absolute Gasteiger partial charge is 0.173 e. The van der Waals surface area contributed by atoms with E-state index in [0.717, 1.165) is 27.6 Å². The summed E-state index contributed by atoms with van der Waals surface area (Å²) in [6.45, 7) is 0. The Kier molecular flexibility index (Phi) is 3.44. The molecule has 0 fully saturated rings. The lowest BCUT2D eigenvalue weighted by Crippen LogP contribution is -1.98. The van der Waals surface area contributed by atoms with Gasteiger partial charge in [-0.2, -0.15) is 0 Å². The van der Waals surface area contributed by atoms with Crippen molar-refractivity contribution in [3.05, 3.63) is 42.9 Å². The maximum Gasteiger partial charge on any atom is 0.173 e. The molecule has 0 spiro atoms. The van der Waals surface area contributed by atoms with Gasteiger partial charge in [-0.1, -0.05) is 24.3 Å². The number of hydrogen-bond acceptors (Lipinski definition) is 4. The molecule has 0 aliphatic rings. The Morgan fingerprint density at radius 2 is 1.38 bits per heavy atom. The van der Waals surface area contributed by atoms with Crippen LogP contribution in [0, 0.1) is 0 Å². The Labute approximate surface area is 122 Å². The predicted molar refractivity (Wildman–Crippen MR) is 81.3 cm³/mol. The summed E-state index contributed by atoms with van der Waals surface area (Å²) in [5.74, 6) is 2.06. The maximum atomic E-state index is 5.65. The Balaban J connectivity index is 2.49. The number of hydrogen-bond donors (Lipinski definition) is 0. The van der Waals surface area contributed by atoms with Crippen LogP contribution in [0.2, 0.25) is 0 Å². The van der Waals surface area contributed by atoms with Gasteiger partial charge in [-0.15, -0.1) is 0 Å². The first kappa shape index (κ1) is 13.4. The van der Waals surface area contributed by atoms with E-state index >= 15 is 0 Å². The third kappa shape index (κ3) is 2.00. The van der Waals surface area contributed by atoms with E-state index in [4.69, 9.17) is 18.6 Å². The van der Waals surface area contributed by atoms with Crippen molar-refractivity contribution in [3.63, 3.8) is 0 Å². The highest BCUT2D eigenvalue weighted by molar-refractivity contribution is 6.03. The summed E-state index contributed by atoms with van der Waals surface area (Å²) in [5, 5.41) is 1.91. The monoisotopic (exact) mass is 284 g/mol. The van der Waals surface area contributed by atoms with Crippen molar-refractivity contribution < 1.29 is 18.6 Å². The first-order valence-corrected chi connectivity index (χ1v) is 6.55. The van der Waals surface area contributed by atoms with Crippen LogP contribution in [0.3, 0.4) is 0 Å². The van der Waals surface area contributed by atoms with Gasteiger partial charge in [0.2, 0.25) is 0 Å². The third-order valence-corrected chi connectivity index (χ3v) is 3.50. The number of benzene rings is 2. The van der Waals surface area contributed by atoms with Crippen molar-refractivity contribution >= 4 is 10.8 Å². The van der Waals surface area contributed by atoms with E-state index in [9.17, 15) is 0 Å². The molecule has 0 bridgehead atoms. The number of furan rings is 1. The fourth-order valence-corrected chi connectivity index (χ4v) is 2.63. The molecule has 4 heteroatoms. The fraction of sp³-hybridized carbons (Fsp3) is 0.176. The molecule has 0 amide bonds. The Hall–Kier alpha value is -2.62. The number of ether oxygens (including phenoxy) is 3. The lowest BCUT2D eigenvalue weighted by molar-refractivity contribution is 0.355. The summed E-state index contributed by atoms with van der Waals surface area (Å²) >= 11 is 0. The molecular formula is C17H16O4. The first-order chi connectivity index (χ1) is 10.3. The molecule has 4 nitrogen and oxygen atoms in total. The molecule has 2 aromatic carbocycles. The molecule has 0 N–H and O–H groups in total. The topological polar surface area (TPSA) is 40.8 Å². The fourth-order valence-electron chi connectivity index (χ4n) is 2.63. The summed E-state index contributed by atoms with van der Waals surface area (Å²) in [7, 11) is 4.91. The summed E-state index contributed by atoms with van der Waals surface area (Å²) in [6, 6.07) is 9.78. The molecular weight excluding hydrogens is 268 g/mol. The Bertz CT molecular complexity index is 760. The molecule has 0 radical (unpaired) electrons. The minimum Gasteiger partial charge on any atom is -0.495 e. The van der Waals surface area contributed by atoms with Gasteiger partial charge in [0.25, 0.3) is 0 Å². The molecule has 0 aliphatic heterocycles. The second kappa shape index (κ2) is 5.40. The van der Waals surface area contributed by atoms with Crippen molar-refractivity contribution in [3.8, 4) is 28.4 Å². The highest BCUT2D eigenvalue weighted by Crippen LogP contribution is 2.50. The van der Waals surface area contributed by atoms with Crippen LogP contribution in [0.5, 0.6) is 17.2 Å². The van der Waals surface area contributed by atoms with Gasteiger partial charge >= 0.3 is 0 Å². The van der Waals surface area contributed by atoms with Crippen LogP contribution in [0.15, 0.2) is 47.3 Å². The first-order valence-electron chi connectivity index (χ1n) is 6.55. The van der Waals surface area contributed by atoms with Crippen molar-refractivity contribution in [1.82, 2.24) is 0 Å². The van der Waals surface area contributed by atoms with Gasteiger partial charge in [0.15, 0.2) is 11.5 Å². The standard InChI is InChI=1S/C17H16O4/c1-18-15-12-6-4-5-7-13(12)16(19-2)17(20-3)14(15)11-8-9-21-10-11/h4-10H,1-3H3. The third-order valence-electron chi connectivity index (χ3n) is 3.50. The van der Waals surface area contributed by atoms with Crippen molar-refractivity contribution in [2.45, 2.75) is 0 Å². The minimum absolute atomic E-state index is 0.634. The molecule has 0 saturated carbocycles. The molecule has 1 aromatic heterocycles. The van der Waals surface area contributed by atoms with E-state index in [-0.39, 0.29) is 0 Å². The molecule has 3 aromatic rings. The number of fused-ring (bicyclic) bond motifs is 1. The van der Waals surface area contributed by atoms with Gasteiger partial charge < -0.3 is 18.6 Å². The van der Waals surface area contributed by atoms with Gasteiger partial charge in [0, 0.05) is 16.3 Å². The average molecular weight is 284 g/mol. The Morgan fingerprint density at radius 3 is 1.90 bits per heavy atom. The zero-order chi connectivity index (χ0) is 14.8. The predicted octanol–water partition coefficient (Wildman–Crippen LogP) is 4.13. The van der Waals surface area contributed by atoms with Crippen LogP contribution in [-0.2, 0) is 0 Å². The quantitative estimate of drug-likeness (QED) is 0.722. The normalized spacial score (nSPS) is 10.6. The van der Waals surface area contributed by atoms with Gasteiger partial charge in [-0.05, 0) is 6.07 Å². The highest BCUT2D eigenvalue weighted by Gasteiger charge is 2.23. The Morgan fingerprint density at radius 1 is 0.762 bits per heavy atom. The van der Waals surface area contributed by atoms with Crippen LogP contribution in [0.4, 0.5) is 0 Å². The maximum absolute atomic E-state index is 5.65. The van der Waals surface area contributed by atoms with Gasteiger partial charge in [0.1, 0.15) is 5.75 Å². The SMILES string of the molecule is COc1c(-c2ccoc2)c(OC)c2ccccc2c1OC. The van der Waals surface area contributed by atoms with Crippen molar-refractivity contribution in [1.29, 1.82) is 0 Å². The van der Waals surface area contributed by atoms with Gasteiger partial charge in [-0.25, -0.2) is 0 Å². The van der Waals surface area contributed by atoms with Gasteiger partial charge in [0.05, 0.1) is 39.4 Å². The van der Waals surface area contributed by atoms with Crippen LogP contribution >= 0.6 is 0 Å². The molecule has 0 unspecified atom stereocenters. The van der Waals surface area contributed by atoms with Crippen LogP contribution in [-0.4, -0.2) is 21.3 Å². The van der Waals surface area contributed by atoms with E-state index in [2.05, 4.69) is 0 Å². The second-order valence-corrected chi connectivity index (χ2v) is 4.53. The van der Waals surface area contributed by atoms with Crippen LogP contribution < -0.4 is 14.2 Å². The van der Waals surface area contributed by atoms with E-state index in [1.54, 1.807) is 33.9 Å². The molecule has 3 rings (SSSR count). The van der Waals surface area contributed by atoms with Crippen molar-refractivity contribution in [2.75, 3.05) is 21.3 Å². The molecule has 108 valence electrons. The summed E-state index contributed by atoms with van der Waals surface area (Å²) in [5.41, 5.74) is 1.71. The molecule has 21 heavy (non-hydrogen) atoms. The van der Waals surface area contributed by atoms with Crippen LogP contribution in [0.25, 0.3) is 21.9 Å². The molecule has 0 saturated heterocycles. The number of methoxy groups -OCH3 is 3. The van der Waals surface area contributed by atoms with Crippen LogP contribution in [0.1, 0.15) is 0 Å². The zero-order valence-electron chi connectivity index (χ0n) is 12.2. The minimum atomic E-state index is 0.634. The largest absolute Gasteiger partial charge is 0.495 e. The van der Waals surface area contributed by atoms with E-state index in [1.807, 2.05) is 30.3 Å². The van der Waals surface area contributed by atoms with E-state index in [0.29, 0.717) is 11.5 Å². The molecule has 0 aliphatic carbocycles. The zero-order valence-corrected chi connectivity index (χ0v) is 12.2. The average Bonchev–Trinajstić information content (AvgIpc) is 3.06. The lowest BCUT2D eigenvalue weighted by Gasteiger charge is -2.18. The summed E-state index contributed by atoms with van der Waals surface area (Å²) in [4.78, 5) is 0. The molecule has 1 heterocycles. The molecule has 0 atom stereocenters. The highest BCUT2D eigenvalue weighted by atomic mass is 16.5. The lowest BCUT2D eigenvalue weighted by atomic mass is 9.99.